The van der Waals surface area contributed by atoms with Crippen LogP contribution in [0.5, 0.6) is 5.75 Å². The molecule has 0 spiro atoms. The summed E-state index contributed by atoms with van der Waals surface area (Å²) in [7, 11) is 0. The number of aromatic nitrogens is 1. The van der Waals surface area contributed by atoms with Gasteiger partial charge in [0, 0.05) is 12.7 Å². The zero-order valence-corrected chi connectivity index (χ0v) is 12.8. The lowest BCUT2D eigenvalue weighted by Crippen LogP contribution is -2.17. The average Bonchev–Trinajstić information content (AvgIpc) is 2.53. The number of esters is 1. The van der Waals surface area contributed by atoms with Gasteiger partial charge in [-0.15, -0.1) is 13.2 Å². The number of carbonyl (C=O) groups excluding carboxylic acids is 1. The van der Waals surface area contributed by atoms with Crippen molar-refractivity contribution in [1.29, 1.82) is 0 Å². The Labute approximate surface area is 136 Å². The molecule has 0 atom stereocenters. The van der Waals surface area contributed by atoms with E-state index in [1.54, 1.807) is 19.1 Å². The number of halogens is 3. The number of hydrogen-bond acceptors (Lipinski definition) is 5. The van der Waals surface area contributed by atoms with Crippen LogP contribution in [0.25, 0.3) is 0 Å². The zero-order valence-electron chi connectivity index (χ0n) is 12.8. The topological polar surface area (TPSA) is 60.5 Å². The quantitative estimate of drug-likeness (QED) is 0.811. The summed E-state index contributed by atoms with van der Waals surface area (Å²) in [4.78, 5) is 15.6. The molecule has 0 aliphatic rings. The van der Waals surface area contributed by atoms with Crippen molar-refractivity contribution < 1.29 is 27.4 Å². The second-order valence-corrected chi connectivity index (χ2v) is 4.70. The average molecular weight is 340 g/mol. The van der Waals surface area contributed by atoms with Crippen molar-refractivity contribution in [3.63, 3.8) is 0 Å². The Bertz CT molecular complexity index is 670. The Morgan fingerprint density at radius 3 is 2.42 bits per heavy atom. The standard InChI is InChI=1S/C16H15F3N2O3/c1-2-23-15(22)12-5-8-14(21-10-12)20-9-11-3-6-13(7-4-11)24-16(17,18)19/h3-8,10H,2,9H2,1H3,(H,20,21). The number of hydrogen-bond donors (Lipinski definition) is 1. The number of benzene rings is 1. The maximum atomic E-state index is 12.1. The molecule has 0 unspecified atom stereocenters. The van der Waals surface area contributed by atoms with Crippen LogP contribution in [0.15, 0.2) is 42.6 Å². The highest BCUT2D eigenvalue weighted by Gasteiger charge is 2.30. The summed E-state index contributed by atoms with van der Waals surface area (Å²) in [5.41, 5.74) is 1.09. The monoisotopic (exact) mass is 340 g/mol. The lowest BCUT2D eigenvalue weighted by Gasteiger charge is -2.10. The minimum atomic E-state index is -4.70. The second-order valence-electron chi connectivity index (χ2n) is 4.70. The molecule has 5 nitrogen and oxygen atoms in total. The van der Waals surface area contributed by atoms with E-state index in [1.807, 2.05) is 0 Å². The van der Waals surface area contributed by atoms with Crippen molar-refractivity contribution in [2.45, 2.75) is 19.8 Å². The molecule has 0 aliphatic carbocycles. The van der Waals surface area contributed by atoms with Gasteiger partial charge in [0.25, 0.3) is 0 Å². The highest BCUT2D eigenvalue weighted by molar-refractivity contribution is 5.89. The van der Waals surface area contributed by atoms with E-state index in [4.69, 9.17) is 4.74 Å². The first-order valence-electron chi connectivity index (χ1n) is 7.09. The Kier molecular flexibility index (Phi) is 5.62. The van der Waals surface area contributed by atoms with E-state index >= 15 is 0 Å². The van der Waals surface area contributed by atoms with Gasteiger partial charge in [-0.2, -0.15) is 0 Å². The summed E-state index contributed by atoms with van der Waals surface area (Å²) in [6, 6.07) is 8.70. The molecule has 1 aromatic carbocycles. The van der Waals surface area contributed by atoms with Crippen LogP contribution >= 0.6 is 0 Å². The maximum Gasteiger partial charge on any atom is 0.573 e. The van der Waals surface area contributed by atoms with Crippen molar-refractivity contribution in [3.05, 3.63) is 53.7 Å². The van der Waals surface area contributed by atoms with Crippen molar-refractivity contribution in [2.75, 3.05) is 11.9 Å². The Morgan fingerprint density at radius 1 is 1.17 bits per heavy atom. The molecule has 1 heterocycles. The summed E-state index contributed by atoms with van der Waals surface area (Å²) in [6.07, 6.45) is -3.31. The lowest BCUT2D eigenvalue weighted by molar-refractivity contribution is -0.274. The van der Waals surface area contributed by atoms with Crippen LogP contribution in [0.1, 0.15) is 22.8 Å². The van der Waals surface area contributed by atoms with E-state index in [0.717, 1.165) is 5.56 Å². The molecule has 0 saturated carbocycles. The molecular formula is C16H15F3N2O3. The zero-order chi connectivity index (χ0) is 17.6. The van der Waals surface area contributed by atoms with E-state index in [0.29, 0.717) is 17.9 Å². The fraction of sp³-hybridized carbons (Fsp3) is 0.250. The molecule has 0 fully saturated rings. The molecule has 1 N–H and O–H groups in total. The van der Waals surface area contributed by atoms with Crippen LogP contribution in [0.4, 0.5) is 19.0 Å². The number of anilines is 1. The number of nitrogens with one attached hydrogen (secondary N) is 1. The van der Waals surface area contributed by atoms with Crippen LogP contribution in [0.2, 0.25) is 0 Å². The highest BCUT2D eigenvalue weighted by Crippen LogP contribution is 2.22. The van der Waals surface area contributed by atoms with Gasteiger partial charge in [0.1, 0.15) is 11.6 Å². The molecule has 0 aliphatic heterocycles. The number of ether oxygens (including phenoxy) is 2. The van der Waals surface area contributed by atoms with Crippen molar-refractivity contribution >= 4 is 11.8 Å². The van der Waals surface area contributed by atoms with Crippen LogP contribution in [-0.2, 0) is 11.3 Å². The number of carbonyl (C=O) groups is 1. The molecule has 24 heavy (non-hydrogen) atoms. The third kappa shape index (κ3) is 5.45. The van der Waals surface area contributed by atoms with E-state index in [-0.39, 0.29) is 12.4 Å². The van der Waals surface area contributed by atoms with Gasteiger partial charge in [0.05, 0.1) is 12.2 Å². The van der Waals surface area contributed by atoms with E-state index in [2.05, 4.69) is 15.0 Å². The summed E-state index contributed by atoms with van der Waals surface area (Å²) in [6.45, 7) is 2.36. The molecule has 0 saturated heterocycles. The van der Waals surface area contributed by atoms with Gasteiger partial charge < -0.3 is 14.8 Å². The van der Waals surface area contributed by atoms with Crippen molar-refractivity contribution in [2.24, 2.45) is 0 Å². The van der Waals surface area contributed by atoms with Crippen molar-refractivity contribution in [1.82, 2.24) is 4.98 Å². The Morgan fingerprint density at radius 2 is 1.88 bits per heavy atom. The molecule has 0 radical (unpaired) electrons. The molecule has 2 aromatic rings. The van der Waals surface area contributed by atoms with E-state index in [1.165, 1.54) is 30.5 Å². The largest absolute Gasteiger partial charge is 0.573 e. The van der Waals surface area contributed by atoms with Gasteiger partial charge in [-0.05, 0) is 36.8 Å². The lowest BCUT2D eigenvalue weighted by atomic mass is 10.2. The first-order valence-corrected chi connectivity index (χ1v) is 7.09. The minimum absolute atomic E-state index is 0.275. The van der Waals surface area contributed by atoms with Crippen molar-refractivity contribution in [3.8, 4) is 5.75 Å². The van der Waals surface area contributed by atoms with Crippen LogP contribution < -0.4 is 10.1 Å². The van der Waals surface area contributed by atoms with E-state index < -0.39 is 12.3 Å². The Hall–Kier alpha value is -2.77. The van der Waals surface area contributed by atoms with Crippen LogP contribution in [0.3, 0.4) is 0 Å². The van der Waals surface area contributed by atoms with Gasteiger partial charge in [-0.25, -0.2) is 9.78 Å². The number of rotatable bonds is 6. The predicted molar refractivity (Wildman–Crippen MR) is 80.6 cm³/mol. The Balaban J connectivity index is 1.90. The smallest absolute Gasteiger partial charge is 0.462 e. The van der Waals surface area contributed by atoms with Gasteiger partial charge in [-0.1, -0.05) is 12.1 Å². The minimum Gasteiger partial charge on any atom is -0.462 e. The number of alkyl halides is 3. The van der Waals surface area contributed by atoms with Crippen LogP contribution in [-0.4, -0.2) is 23.9 Å². The first-order chi connectivity index (χ1) is 11.4. The molecule has 0 bridgehead atoms. The maximum absolute atomic E-state index is 12.1. The SMILES string of the molecule is CCOC(=O)c1ccc(NCc2ccc(OC(F)(F)F)cc2)nc1. The van der Waals surface area contributed by atoms with Gasteiger partial charge in [-0.3, -0.25) is 0 Å². The first kappa shape index (κ1) is 17.6. The third-order valence-electron chi connectivity index (χ3n) is 2.91. The molecule has 128 valence electrons. The summed E-state index contributed by atoms with van der Waals surface area (Å²) >= 11 is 0. The van der Waals surface area contributed by atoms with Crippen LogP contribution in [0, 0.1) is 0 Å². The molecule has 2 rings (SSSR count). The van der Waals surface area contributed by atoms with Gasteiger partial charge in [0.2, 0.25) is 0 Å². The third-order valence-corrected chi connectivity index (χ3v) is 2.91. The highest BCUT2D eigenvalue weighted by atomic mass is 19.4. The fourth-order valence-corrected chi connectivity index (χ4v) is 1.84. The fourth-order valence-electron chi connectivity index (χ4n) is 1.84. The van der Waals surface area contributed by atoms with Gasteiger partial charge >= 0.3 is 12.3 Å². The molecule has 1 aromatic heterocycles. The number of nitrogens with zero attached hydrogens (tertiary/aromatic N) is 1. The summed E-state index contributed by atoms with van der Waals surface area (Å²) in [5, 5.41) is 3.00. The van der Waals surface area contributed by atoms with Gasteiger partial charge in [0.15, 0.2) is 0 Å². The normalized spacial score (nSPS) is 11.0. The summed E-state index contributed by atoms with van der Waals surface area (Å²) < 4.78 is 44.9. The number of pyridine rings is 1. The predicted octanol–water partition coefficient (Wildman–Crippen LogP) is 3.77. The molecule has 0 amide bonds. The molecular weight excluding hydrogens is 325 g/mol. The molecule has 8 heteroatoms. The van der Waals surface area contributed by atoms with E-state index in [9.17, 15) is 18.0 Å². The second kappa shape index (κ2) is 7.67. The summed E-state index contributed by atoms with van der Waals surface area (Å²) in [5.74, 6) is -0.196.